The van der Waals surface area contributed by atoms with Crippen LogP contribution in [0.5, 0.6) is 17.2 Å². The summed E-state index contributed by atoms with van der Waals surface area (Å²) in [6.45, 7) is -0.785. The van der Waals surface area contributed by atoms with E-state index in [1.165, 1.54) is 24.3 Å². The molecule has 0 saturated heterocycles. The van der Waals surface area contributed by atoms with Gasteiger partial charge in [0.2, 0.25) is 0 Å². The standard InChI is InChI=1S/C20H13BrF4N2O6/c1-26-16(20(23,24)25)8-17(28)27(19(26)31)12-7-15(10(21)6-11(12)22)33-14-5-3-2-4-13(14)32-9-18(29)30/h2-8H,9H2,1H3,(H,29,30)/p-1. The Labute approximate surface area is 190 Å². The van der Waals surface area contributed by atoms with Gasteiger partial charge < -0.3 is 19.4 Å². The number of hydrogen-bond acceptors (Lipinski definition) is 6. The second-order valence-corrected chi connectivity index (χ2v) is 7.34. The van der Waals surface area contributed by atoms with Crippen LogP contribution in [0, 0.1) is 5.82 Å². The Hall–Kier alpha value is -3.61. The molecule has 0 radical (unpaired) electrons. The number of carboxylic acids is 1. The normalized spacial score (nSPS) is 11.3. The van der Waals surface area contributed by atoms with Gasteiger partial charge in [-0.2, -0.15) is 13.2 Å². The fourth-order valence-corrected chi connectivity index (χ4v) is 3.19. The zero-order valence-corrected chi connectivity index (χ0v) is 18.1. The average Bonchev–Trinajstić information content (AvgIpc) is 2.72. The smallest absolute Gasteiger partial charge is 0.431 e. The second-order valence-electron chi connectivity index (χ2n) is 6.49. The van der Waals surface area contributed by atoms with E-state index in [2.05, 4.69) is 15.9 Å². The maximum atomic E-state index is 14.7. The molecule has 0 aliphatic rings. The van der Waals surface area contributed by atoms with Gasteiger partial charge in [0.15, 0.2) is 11.5 Å². The first-order valence-electron chi connectivity index (χ1n) is 8.89. The van der Waals surface area contributed by atoms with Gasteiger partial charge in [0.25, 0.3) is 5.56 Å². The minimum absolute atomic E-state index is 0.00956. The molecule has 1 aromatic heterocycles. The Kier molecular flexibility index (Phi) is 6.63. The predicted octanol–water partition coefficient (Wildman–Crippen LogP) is 2.38. The van der Waals surface area contributed by atoms with Crippen LogP contribution in [0.3, 0.4) is 0 Å². The zero-order valence-electron chi connectivity index (χ0n) is 16.5. The lowest BCUT2D eigenvalue weighted by Gasteiger charge is -2.16. The van der Waals surface area contributed by atoms with E-state index in [4.69, 9.17) is 9.47 Å². The fourth-order valence-electron chi connectivity index (χ4n) is 2.80. The molecule has 0 N–H and O–H groups in total. The minimum atomic E-state index is -4.98. The molecule has 33 heavy (non-hydrogen) atoms. The Bertz CT molecular complexity index is 1350. The lowest BCUT2D eigenvalue weighted by atomic mass is 10.2. The number of ether oxygens (including phenoxy) is 2. The highest BCUT2D eigenvalue weighted by molar-refractivity contribution is 9.10. The summed E-state index contributed by atoms with van der Waals surface area (Å²) in [5, 5.41) is 10.7. The van der Waals surface area contributed by atoms with Crippen LogP contribution in [0.25, 0.3) is 5.69 Å². The molecule has 0 saturated carbocycles. The molecule has 174 valence electrons. The quantitative estimate of drug-likeness (QED) is 0.452. The van der Waals surface area contributed by atoms with Crippen molar-refractivity contribution in [2.45, 2.75) is 6.18 Å². The van der Waals surface area contributed by atoms with Crippen molar-refractivity contribution in [3.8, 4) is 22.9 Å². The van der Waals surface area contributed by atoms with E-state index in [-0.39, 0.29) is 36.9 Å². The topological polar surface area (TPSA) is 103 Å². The molecule has 0 aliphatic heterocycles. The van der Waals surface area contributed by atoms with Crippen LogP contribution >= 0.6 is 15.9 Å². The number of carboxylic acid groups (broad SMARTS) is 1. The van der Waals surface area contributed by atoms with Crippen LogP contribution in [-0.2, 0) is 18.0 Å². The molecule has 2 aromatic carbocycles. The number of carbonyl (C=O) groups excluding carboxylic acids is 1. The highest BCUT2D eigenvalue weighted by Gasteiger charge is 2.35. The maximum Gasteiger partial charge on any atom is 0.431 e. The summed E-state index contributed by atoms with van der Waals surface area (Å²) in [4.78, 5) is 35.5. The van der Waals surface area contributed by atoms with Crippen molar-refractivity contribution in [1.82, 2.24) is 9.13 Å². The molecule has 0 amide bonds. The van der Waals surface area contributed by atoms with Gasteiger partial charge in [-0.1, -0.05) is 12.1 Å². The van der Waals surface area contributed by atoms with Gasteiger partial charge >= 0.3 is 11.9 Å². The molecule has 8 nitrogen and oxygen atoms in total. The number of para-hydroxylation sites is 2. The fraction of sp³-hybridized carbons (Fsp3) is 0.150. The molecule has 3 aromatic rings. The van der Waals surface area contributed by atoms with Crippen LogP contribution in [0.1, 0.15) is 5.69 Å². The van der Waals surface area contributed by atoms with Crippen molar-refractivity contribution >= 4 is 21.9 Å². The monoisotopic (exact) mass is 531 g/mol. The molecule has 0 atom stereocenters. The molecule has 0 spiro atoms. The van der Waals surface area contributed by atoms with E-state index in [1.54, 1.807) is 0 Å². The Morgan fingerprint density at radius 2 is 1.73 bits per heavy atom. The van der Waals surface area contributed by atoms with Crippen LogP contribution in [0.15, 0.2) is 56.5 Å². The summed E-state index contributed by atoms with van der Waals surface area (Å²) in [5.41, 5.74) is -5.00. The van der Waals surface area contributed by atoms with Gasteiger partial charge in [-0.25, -0.2) is 13.8 Å². The van der Waals surface area contributed by atoms with Gasteiger partial charge in [0.05, 0.1) is 16.1 Å². The summed E-state index contributed by atoms with van der Waals surface area (Å²) < 4.78 is 65.0. The summed E-state index contributed by atoms with van der Waals surface area (Å²) >= 11 is 3.06. The van der Waals surface area contributed by atoms with Crippen molar-refractivity contribution in [2.24, 2.45) is 7.05 Å². The molecule has 0 unspecified atom stereocenters. The van der Waals surface area contributed by atoms with Gasteiger partial charge in [-0.05, 0) is 34.1 Å². The second kappa shape index (κ2) is 9.10. The van der Waals surface area contributed by atoms with Gasteiger partial charge in [0.1, 0.15) is 23.9 Å². The zero-order chi connectivity index (χ0) is 24.5. The summed E-state index contributed by atoms with van der Waals surface area (Å²) in [5.74, 6) is -2.77. The first kappa shape index (κ1) is 24.0. The molecule has 13 heteroatoms. The first-order chi connectivity index (χ1) is 15.4. The number of halogens is 5. The average molecular weight is 532 g/mol. The summed E-state index contributed by atoms with van der Waals surface area (Å²) in [6, 6.07) is 7.76. The molecular formula is C20H12BrF4N2O6-. The number of hydrogen-bond donors (Lipinski definition) is 0. The van der Waals surface area contributed by atoms with E-state index in [9.17, 15) is 37.1 Å². The van der Waals surface area contributed by atoms with Crippen molar-refractivity contribution < 1.29 is 36.9 Å². The van der Waals surface area contributed by atoms with E-state index in [1.807, 2.05) is 0 Å². The molecule has 0 aliphatic carbocycles. The lowest BCUT2D eigenvalue weighted by Crippen LogP contribution is -2.41. The van der Waals surface area contributed by atoms with Crippen molar-refractivity contribution in [3.63, 3.8) is 0 Å². The SMILES string of the molecule is Cn1c(C(F)(F)F)cc(=O)n(-c2cc(Oc3ccccc3OCC(=O)[O-])c(Br)cc2F)c1=O. The maximum absolute atomic E-state index is 14.7. The molecule has 0 fully saturated rings. The highest BCUT2D eigenvalue weighted by atomic mass is 79.9. The summed E-state index contributed by atoms with van der Waals surface area (Å²) in [7, 11) is 0.792. The van der Waals surface area contributed by atoms with Gasteiger partial charge in [-0.15, -0.1) is 0 Å². The number of rotatable bonds is 6. The first-order valence-corrected chi connectivity index (χ1v) is 9.68. The van der Waals surface area contributed by atoms with E-state index < -0.39 is 47.2 Å². The van der Waals surface area contributed by atoms with E-state index >= 15 is 0 Å². The molecule has 1 heterocycles. The number of nitrogens with zero attached hydrogens (tertiary/aromatic N) is 2. The summed E-state index contributed by atoms with van der Waals surface area (Å²) in [6.07, 6.45) is -4.98. The number of benzene rings is 2. The van der Waals surface area contributed by atoms with Crippen LogP contribution < -0.4 is 25.8 Å². The number of alkyl halides is 3. The molecule has 3 rings (SSSR count). The van der Waals surface area contributed by atoms with Crippen molar-refractivity contribution in [3.05, 3.63) is 79.3 Å². The predicted molar refractivity (Wildman–Crippen MR) is 107 cm³/mol. The number of carbonyl (C=O) groups is 1. The third kappa shape index (κ3) is 5.08. The van der Waals surface area contributed by atoms with Crippen molar-refractivity contribution in [2.75, 3.05) is 6.61 Å². The minimum Gasteiger partial charge on any atom is -0.546 e. The Balaban J connectivity index is 2.12. The molecule has 0 bridgehead atoms. The van der Waals surface area contributed by atoms with Crippen LogP contribution in [0.2, 0.25) is 0 Å². The number of aliphatic carboxylic acids is 1. The Morgan fingerprint density at radius 1 is 1.09 bits per heavy atom. The number of aromatic nitrogens is 2. The Morgan fingerprint density at radius 3 is 2.33 bits per heavy atom. The highest BCUT2D eigenvalue weighted by Crippen LogP contribution is 2.37. The van der Waals surface area contributed by atoms with Gasteiger partial charge in [0, 0.05) is 19.2 Å². The third-order valence-corrected chi connectivity index (χ3v) is 4.89. The van der Waals surface area contributed by atoms with Crippen LogP contribution in [-0.4, -0.2) is 21.7 Å². The van der Waals surface area contributed by atoms with Crippen molar-refractivity contribution in [1.29, 1.82) is 0 Å². The van der Waals surface area contributed by atoms with Gasteiger partial charge in [-0.3, -0.25) is 9.36 Å². The third-order valence-electron chi connectivity index (χ3n) is 4.27. The van der Waals surface area contributed by atoms with E-state index in [0.29, 0.717) is 0 Å². The van der Waals surface area contributed by atoms with E-state index in [0.717, 1.165) is 19.2 Å². The largest absolute Gasteiger partial charge is 0.546 e. The molecular weight excluding hydrogens is 520 g/mol. The van der Waals surface area contributed by atoms with Crippen LogP contribution in [0.4, 0.5) is 17.6 Å². The lowest BCUT2D eigenvalue weighted by molar-refractivity contribution is -0.307.